The Hall–Kier alpha value is -0.890. The van der Waals surface area contributed by atoms with E-state index in [1.165, 1.54) is 0 Å². The van der Waals surface area contributed by atoms with Gasteiger partial charge in [0.15, 0.2) is 0 Å². The molecular weight excluding hydrogens is 304 g/mol. The Kier molecular flexibility index (Phi) is 5.76. The second-order valence-corrected chi connectivity index (χ2v) is 6.88. The van der Waals surface area contributed by atoms with E-state index in [0.29, 0.717) is 12.8 Å². The Morgan fingerprint density at radius 2 is 2.00 bits per heavy atom. The molecule has 1 rings (SSSR count). The zero-order valence-corrected chi connectivity index (χ0v) is 13.0. The van der Waals surface area contributed by atoms with Crippen molar-refractivity contribution in [3.63, 3.8) is 0 Å². The number of pyridine rings is 1. The van der Waals surface area contributed by atoms with Gasteiger partial charge in [-0.2, -0.15) is 0 Å². The first-order valence-electron chi connectivity index (χ1n) is 6.29. The highest BCUT2D eigenvalue weighted by molar-refractivity contribution is 7.89. The molecule has 0 spiro atoms. The van der Waals surface area contributed by atoms with Crippen molar-refractivity contribution >= 4 is 21.6 Å². The number of sulfonamides is 1. The third-order valence-corrected chi connectivity index (χ3v) is 5.28. The van der Waals surface area contributed by atoms with Crippen LogP contribution in [0.5, 0.6) is 0 Å². The summed E-state index contributed by atoms with van der Waals surface area (Å²) in [7, 11) is -3.78. The highest BCUT2D eigenvalue weighted by Gasteiger charge is 2.28. The first-order valence-corrected chi connectivity index (χ1v) is 8.15. The molecule has 0 fully saturated rings. The molecule has 8 heteroatoms. The zero-order valence-electron chi connectivity index (χ0n) is 11.4. The fourth-order valence-electron chi connectivity index (χ4n) is 1.70. The molecule has 1 aromatic heterocycles. The summed E-state index contributed by atoms with van der Waals surface area (Å²) in [6.45, 7) is 3.81. The fourth-order valence-corrected chi connectivity index (χ4v) is 3.09. The number of H-pyrrole nitrogens is 1. The molecule has 0 saturated carbocycles. The first-order chi connectivity index (χ1) is 9.30. The summed E-state index contributed by atoms with van der Waals surface area (Å²) < 4.78 is 26.7. The first kappa shape index (κ1) is 17.2. The molecule has 0 aliphatic rings. The summed E-state index contributed by atoms with van der Waals surface area (Å²) in [5.74, 6) is 0. The molecule has 3 N–H and O–H groups in total. The molecule has 0 atom stereocenters. The molecule has 1 heterocycles. The number of aliphatic hydroxyl groups is 1. The Balaban J connectivity index is 2.95. The Labute approximate surface area is 123 Å². The largest absolute Gasteiger partial charge is 0.396 e. The number of halogens is 1. The van der Waals surface area contributed by atoms with Crippen LogP contribution in [0, 0.1) is 5.41 Å². The highest BCUT2D eigenvalue weighted by Crippen LogP contribution is 2.25. The van der Waals surface area contributed by atoms with Gasteiger partial charge in [0.1, 0.15) is 5.02 Å². The third-order valence-electron chi connectivity index (χ3n) is 3.61. The summed E-state index contributed by atoms with van der Waals surface area (Å²) in [5.41, 5.74) is -1.03. The lowest BCUT2D eigenvalue weighted by Crippen LogP contribution is -2.39. The average molecular weight is 323 g/mol. The number of aliphatic hydroxyl groups excluding tert-OH is 1. The van der Waals surface area contributed by atoms with Crippen molar-refractivity contribution in [3.05, 3.63) is 27.6 Å². The van der Waals surface area contributed by atoms with Gasteiger partial charge in [-0.3, -0.25) is 4.79 Å². The summed E-state index contributed by atoms with van der Waals surface area (Å²) >= 11 is 5.62. The predicted octanol–water partition coefficient (Wildman–Crippen LogP) is 1.11. The van der Waals surface area contributed by atoms with E-state index in [1.807, 2.05) is 13.8 Å². The summed E-state index contributed by atoms with van der Waals surface area (Å²) in [6.07, 6.45) is 2.39. The van der Waals surface area contributed by atoms with E-state index >= 15 is 0 Å². The summed E-state index contributed by atoms with van der Waals surface area (Å²) in [6, 6.07) is 1.10. The van der Waals surface area contributed by atoms with Crippen molar-refractivity contribution in [1.29, 1.82) is 0 Å². The van der Waals surface area contributed by atoms with Crippen LogP contribution in [0.4, 0.5) is 0 Å². The van der Waals surface area contributed by atoms with E-state index in [-0.39, 0.29) is 23.1 Å². The van der Waals surface area contributed by atoms with Gasteiger partial charge >= 0.3 is 0 Å². The van der Waals surface area contributed by atoms with Crippen LogP contribution in [0.15, 0.2) is 22.0 Å². The maximum atomic E-state index is 12.1. The summed E-state index contributed by atoms with van der Waals surface area (Å²) in [5, 5.41) is 9.23. The van der Waals surface area contributed by atoms with Crippen molar-refractivity contribution in [2.24, 2.45) is 5.41 Å². The van der Waals surface area contributed by atoms with Gasteiger partial charge in [0, 0.05) is 24.8 Å². The number of nitrogens with one attached hydrogen (secondary N) is 2. The van der Waals surface area contributed by atoms with Crippen molar-refractivity contribution in [3.8, 4) is 0 Å². The van der Waals surface area contributed by atoms with Gasteiger partial charge in [0.05, 0.1) is 4.90 Å². The molecule has 0 radical (unpaired) electrons. The molecule has 0 aromatic carbocycles. The minimum Gasteiger partial charge on any atom is -0.396 e. The van der Waals surface area contributed by atoms with E-state index in [0.717, 1.165) is 12.3 Å². The minimum absolute atomic E-state index is 0.102. The zero-order chi connectivity index (χ0) is 15.4. The third kappa shape index (κ3) is 3.82. The van der Waals surface area contributed by atoms with Crippen LogP contribution >= 0.6 is 11.6 Å². The Bertz CT molecular complexity index is 600. The quantitative estimate of drug-likeness (QED) is 0.700. The number of aromatic amines is 1. The molecule has 0 amide bonds. The van der Waals surface area contributed by atoms with Crippen molar-refractivity contribution in [1.82, 2.24) is 9.71 Å². The van der Waals surface area contributed by atoms with Crippen LogP contribution in [0.25, 0.3) is 0 Å². The maximum Gasteiger partial charge on any atom is 0.266 e. The number of hydrogen-bond acceptors (Lipinski definition) is 4. The lowest BCUT2D eigenvalue weighted by molar-refractivity contribution is 0.119. The standard InChI is InChI=1S/C12H19ClN2O4S/c1-3-12(4-2,8-16)7-15-20(18,19)9-5-10(13)11(17)14-6-9/h5-6,15-16H,3-4,7-8H2,1-2H3,(H,14,17). The van der Waals surface area contributed by atoms with E-state index in [2.05, 4.69) is 9.71 Å². The van der Waals surface area contributed by atoms with Crippen LogP contribution in [0.2, 0.25) is 5.02 Å². The monoisotopic (exact) mass is 322 g/mol. The molecular formula is C12H19ClN2O4S. The summed E-state index contributed by atoms with van der Waals surface area (Å²) in [4.78, 5) is 13.3. The molecule has 20 heavy (non-hydrogen) atoms. The van der Waals surface area contributed by atoms with Gasteiger partial charge in [-0.25, -0.2) is 13.1 Å². The Morgan fingerprint density at radius 3 is 2.45 bits per heavy atom. The average Bonchev–Trinajstić information content (AvgIpc) is 2.44. The van der Waals surface area contributed by atoms with E-state index in [1.54, 1.807) is 0 Å². The molecule has 0 aliphatic heterocycles. The number of hydrogen-bond donors (Lipinski definition) is 3. The highest BCUT2D eigenvalue weighted by atomic mass is 35.5. The Morgan fingerprint density at radius 1 is 1.40 bits per heavy atom. The van der Waals surface area contributed by atoms with Crippen molar-refractivity contribution in [2.45, 2.75) is 31.6 Å². The van der Waals surface area contributed by atoms with Gasteiger partial charge in [-0.15, -0.1) is 0 Å². The second-order valence-electron chi connectivity index (χ2n) is 4.70. The topological polar surface area (TPSA) is 99.3 Å². The minimum atomic E-state index is -3.78. The van der Waals surface area contributed by atoms with E-state index < -0.39 is 21.0 Å². The molecule has 0 unspecified atom stereocenters. The van der Waals surface area contributed by atoms with E-state index in [4.69, 9.17) is 11.6 Å². The SMILES string of the molecule is CCC(CC)(CO)CNS(=O)(=O)c1c[nH]c(=O)c(Cl)c1. The molecule has 0 saturated heterocycles. The lowest BCUT2D eigenvalue weighted by atomic mass is 9.84. The van der Waals surface area contributed by atoms with Crippen LogP contribution in [0.3, 0.4) is 0 Å². The van der Waals surface area contributed by atoms with Crippen LogP contribution in [-0.4, -0.2) is 31.7 Å². The van der Waals surface area contributed by atoms with Gasteiger partial charge in [-0.1, -0.05) is 25.4 Å². The fraction of sp³-hybridized carbons (Fsp3) is 0.583. The van der Waals surface area contributed by atoms with Crippen LogP contribution in [0.1, 0.15) is 26.7 Å². The molecule has 6 nitrogen and oxygen atoms in total. The van der Waals surface area contributed by atoms with E-state index in [9.17, 15) is 18.3 Å². The van der Waals surface area contributed by atoms with Crippen molar-refractivity contribution < 1.29 is 13.5 Å². The van der Waals surface area contributed by atoms with Crippen LogP contribution < -0.4 is 10.3 Å². The van der Waals surface area contributed by atoms with Crippen molar-refractivity contribution in [2.75, 3.05) is 13.2 Å². The predicted molar refractivity (Wildman–Crippen MR) is 77.4 cm³/mol. The second kappa shape index (κ2) is 6.71. The van der Waals surface area contributed by atoms with Gasteiger partial charge < -0.3 is 10.1 Å². The lowest BCUT2D eigenvalue weighted by Gasteiger charge is -2.29. The van der Waals surface area contributed by atoms with Gasteiger partial charge in [0.2, 0.25) is 10.0 Å². The maximum absolute atomic E-state index is 12.1. The smallest absolute Gasteiger partial charge is 0.266 e. The van der Waals surface area contributed by atoms with Crippen LogP contribution in [-0.2, 0) is 10.0 Å². The normalized spacial score (nSPS) is 12.6. The molecule has 114 valence electrons. The van der Waals surface area contributed by atoms with Gasteiger partial charge in [-0.05, 0) is 18.9 Å². The molecule has 1 aromatic rings. The number of rotatable bonds is 7. The molecule has 0 aliphatic carbocycles. The molecule has 0 bridgehead atoms. The van der Waals surface area contributed by atoms with Gasteiger partial charge in [0.25, 0.3) is 5.56 Å². The number of aromatic nitrogens is 1.